The number of nitrogens with one attached hydrogen (secondary N) is 1. The number of aryl methyl sites for hydroxylation is 1. The van der Waals surface area contributed by atoms with E-state index in [1.54, 1.807) is 6.20 Å². The Morgan fingerprint density at radius 1 is 1.29 bits per heavy atom. The molecule has 0 aliphatic carbocycles. The third-order valence-corrected chi connectivity index (χ3v) is 3.55. The maximum atomic E-state index is 4.48. The molecule has 21 heavy (non-hydrogen) atoms. The van der Waals surface area contributed by atoms with Gasteiger partial charge in [-0.3, -0.25) is 9.67 Å². The molecule has 3 heterocycles. The van der Waals surface area contributed by atoms with Crippen LogP contribution in [0.2, 0.25) is 0 Å². The van der Waals surface area contributed by atoms with Gasteiger partial charge in [-0.1, -0.05) is 6.92 Å². The highest BCUT2D eigenvalue weighted by atomic mass is 15.2. The van der Waals surface area contributed by atoms with Crippen LogP contribution in [0.1, 0.15) is 30.6 Å². The summed E-state index contributed by atoms with van der Waals surface area (Å²) in [4.78, 5) is 4.21. The third-order valence-electron chi connectivity index (χ3n) is 3.55. The van der Waals surface area contributed by atoms with Crippen LogP contribution in [-0.2, 0) is 13.5 Å². The molecule has 0 spiro atoms. The van der Waals surface area contributed by atoms with Crippen molar-refractivity contribution in [3.05, 3.63) is 48.3 Å². The van der Waals surface area contributed by atoms with E-state index in [1.807, 2.05) is 41.0 Å². The topological polar surface area (TPSA) is 60.0 Å². The second kappa shape index (κ2) is 6.05. The third kappa shape index (κ3) is 2.95. The fraction of sp³-hybridized carbons (Fsp3) is 0.400. The number of aromatic nitrogens is 5. The van der Waals surface area contributed by atoms with Crippen molar-refractivity contribution in [2.75, 3.05) is 6.54 Å². The van der Waals surface area contributed by atoms with Gasteiger partial charge in [-0.2, -0.15) is 10.2 Å². The lowest BCUT2D eigenvalue weighted by atomic mass is 10.0. The molecule has 1 atom stereocenters. The molecule has 0 aliphatic rings. The lowest BCUT2D eigenvalue weighted by Crippen LogP contribution is -2.24. The fourth-order valence-electron chi connectivity index (χ4n) is 2.51. The van der Waals surface area contributed by atoms with E-state index in [-0.39, 0.29) is 6.04 Å². The minimum atomic E-state index is 0.196. The Balaban J connectivity index is 1.91. The van der Waals surface area contributed by atoms with Crippen molar-refractivity contribution in [3.63, 3.8) is 0 Å². The maximum Gasteiger partial charge on any atom is 0.0892 e. The summed E-state index contributed by atoms with van der Waals surface area (Å²) in [6, 6.07) is 2.26. The van der Waals surface area contributed by atoms with Crippen LogP contribution in [0.25, 0.3) is 5.52 Å². The number of hydrogen-bond acceptors (Lipinski definition) is 4. The van der Waals surface area contributed by atoms with Crippen LogP contribution < -0.4 is 5.32 Å². The number of fused-ring (bicyclic) bond motifs is 1. The van der Waals surface area contributed by atoms with Gasteiger partial charge in [0.05, 0.1) is 23.6 Å². The van der Waals surface area contributed by atoms with E-state index in [1.165, 1.54) is 5.56 Å². The molecule has 3 aromatic rings. The lowest BCUT2D eigenvalue weighted by Gasteiger charge is -2.16. The van der Waals surface area contributed by atoms with Gasteiger partial charge >= 0.3 is 0 Å². The van der Waals surface area contributed by atoms with Crippen molar-refractivity contribution in [3.8, 4) is 0 Å². The second-order valence-electron chi connectivity index (χ2n) is 5.20. The number of hydrogen-bond donors (Lipinski definition) is 1. The Bertz CT molecular complexity index is 714. The van der Waals surface area contributed by atoms with E-state index < -0.39 is 0 Å². The predicted molar refractivity (Wildman–Crippen MR) is 80.9 cm³/mol. The smallest absolute Gasteiger partial charge is 0.0892 e. The van der Waals surface area contributed by atoms with Crippen molar-refractivity contribution >= 4 is 5.52 Å². The molecule has 110 valence electrons. The van der Waals surface area contributed by atoms with Gasteiger partial charge in [0.1, 0.15) is 0 Å². The summed E-state index contributed by atoms with van der Waals surface area (Å²) in [5.74, 6) is 0. The van der Waals surface area contributed by atoms with Gasteiger partial charge in [0, 0.05) is 43.7 Å². The summed E-state index contributed by atoms with van der Waals surface area (Å²) in [7, 11) is 1.94. The molecular formula is C15H20N6. The van der Waals surface area contributed by atoms with Crippen LogP contribution in [0.15, 0.2) is 37.1 Å². The number of nitrogens with zero attached hydrogens (tertiary/aromatic N) is 5. The monoisotopic (exact) mass is 284 g/mol. The molecular weight excluding hydrogens is 264 g/mol. The molecule has 6 heteroatoms. The van der Waals surface area contributed by atoms with Crippen LogP contribution >= 0.6 is 0 Å². The summed E-state index contributed by atoms with van der Waals surface area (Å²) < 4.78 is 3.70. The van der Waals surface area contributed by atoms with Gasteiger partial charge in [0.15, 0.2) is 0 Å². The molecule has 3 aromatic heterocycles. The van der Waals surface area contributed by atoms with E-state index in [9.17, 15) is 0 Å². The largest absolute Gasteiger partial charge is 0.309 e. The summed E-state index contributed by atoms with van der Waals surface area (Å²) >= 11 is 0. The molecule has 0 fully saturated rings. The first-order valence-corrected chi connectivity index (χ1v) is 7.27. The normalized spacial score (nSPS) is 12.9. The molecule has 0 amide bonds. The minimum absolute atomic E-state index is 0.196. The molecule has 0 aromatic carbocycles. The minimum Gasteiger partial charge on any atom is -0.309 e. The standard InChI is InChI=1S/C15H20N6/c1-3-5-17-14(9-12-4-7-20(2)19-12)13-10-18-21-8-6-16-11-15(13)21/h4,6-8,10-11,14,17H,3,5,9H2,1-2H3. The Kier molecular flexibility index (Phi) is 3.96. The van der Waals surface area contributed by atoms with Crippen LogP contribution in [0.5, 0.6) is 0 Å². The van der Waals surface area contributed by atoms with E-state index in [0.29, 0.717) is 0 Å². The van der Waals surface area contributed by atoms with Gasteiger partial charge in [0.2, 0.25) is 0 Å². The predicted octanol–water partition coefficient (Wildman–Crippen LogP) is 1.75. The zero-order chi connectivity index (χ0) is 14.7. The van der Waals surface area contributed by atoms with Crippen molar-refractivity contribution in [2.24, 2.45) is 7.05 Å². The first kappa shape index (κ1) is 13.8. The Morgan fingerprint density at radius 2 is 2.19 bits per heavy atom. The molecule has 3 rings (SSSR count). The highest BCUT2D eigenvalue weighted by molar-refractivity contribution is 5.53. The second-order valence-corrected chi connectivity index (χ2v) is 5.20. The Hall–Kier alpha value is -2.21. The van der Waals surface area contributed by atoms with Gasteiger partial charge < -0.3 is 5.32 Å². The Morgan fingerprint density at radius 3 is 2.95 bits per heavy atom. The molecule has 1 unspecified atom stereocenters. The summed E-state index contributed by atoms with van der Waals surface area (Å²) in [5.41, 5.74) is 3.29. The van der Waals surface area contributed by atoms with Gasteiger partial charge in [0.25, 0.3) is 0 Å². The van der Waals surface area contributed by atoms with Crippen LogP contribution in [0, 0.1) is 0 Å². The van der Waals surface area contributed by atoms with Crippen LogP contribution in [-0.4, -0.2) is 30.9 Å². The van der Waals surface area contributed by atoms with Crippen molar-refractivity contribution in [1.29, 1.82) is 0 Å². The van der Waals surface area contributed by atoms with Crippen LogP contribution in [0.4, 0.5) is 0 Å². The van der Waals surface area contributed by atoms with Crippen molar-refractivity contribution in [1.82, 2.24) is 29.7 Å². The average Bonchev–Trinajstić information content (AvgIpc) is 3.09. The highest BCUT2D eigenvalue weighted by Crippen LogP contribution is 2.21. The van der Waals surface area contributed by atoms with Gasteiger partial charge in [-0.05, 0) is 19.0 Å². The van der Waals surface area contributed by atoms with Gasteiger partial charge in [-0.15, -0.1) is 0 Å². The summed E-state index contributed by atoms with van der Waals surface area (Å²) in [6.45, 7) is 3.14. The quantitative estimate of drug-likeness (QED) is 0.749. The molecule has 0 saturated carbocycles. The average molecular weight is 284 g/mol. The zero-order valence-corrected chi connectivity index (χ0v) is 12.4. The fourth-order valence-corrected chi connectivity index (χ4v) is 2.51. The van der Waals surface area contributed by atoms with E-state index in [2.05, 4.69) is 33.5 Å². The van der Waals surface area contributed by atoms with E-state index >= 15 is 0 Å². The first-order valence-electron chi connectivity index (χ1n) is 7.27. The van der Waals surface area contributed by atoms with Crippen molar-refractivity contribution < 1.29 is 0 Å². The van der Waals surface area contributed by atoms with E-state index in [4.69, 9.17) is 0 Å². The van der Waals surface area contributed by atoms with Crippen LogP contribution in [0.3, 0.4) is 0 Å². The molecule has 1 N–H and O–H groups in total. The lowest BCUT2D eigenvalue weighted by molar-refractivity contribution is 0.524. The number of rotatable bonds is 6. The SMILES string of the molecule is CCCNC(Cc1ccn(C)n1)c1cnn2ccncc12. The molecule has 6 nitrogen and oxygen atoms in total. The van der Waals surface area contributed by atoms with E-state index in [0.717, 1.165) is 30.6 Å². The molecule has 0 aliphatic heterocycles. The zero-order valence-electron chi connectivity index (χ0n) is 12.4. The first-order chi connectivity index (χ1) is 10.3. The van der Waals surface area contributed by atoms with Gasteiger partial charge in [-0.25, -0.2) is 4.52 Å². The highest BCUT2D eigenvalue weighted by Gasteiger charge is 2.17. The maximum absolute atomic E-state index is 4.48. The summed E-state index contributed by atoms with van der Waals surface area (Å²) in [6.07, 6.45) is 11.3. The molecule has 0 saturated heterocycles. The molecule has 0 bridgehead atoms. The summed E-state index contributed by atoms with van der Waals surface area (Å²) in [5, 5.41) is 12.5. The van der Waals surface area contributed by atoms with Crippen molar-refractivity contribution in [2.45, 2.75) is 25.8 Å². The molecule has 0 radical (unpaired) electrons. The Labute approximate surface area is 123 Å².